The van der Waals surface area contributed by atoms with E-state index in [9.17, 15) is 0 Å². The fourth-order valence-corrected chi connectivity index (χ4v) is 0.519. The molecule has 0 aliphatic heterocycles. The van der Waals surface area contributed by atoms with E-state index in [0.29, 0.717) is 6.54 Å². The fourth-order valence-electron chi connectivity index (χ4n) is 0.519. The van der Waals surface area contributed by atoms with Gasteiger partial charge >= 0.3 is 0 Å². The van der Waals surface area contributed by atoms with Crippen molar-refractivity contribution < 1.29 is 9.90 Å². The Morgan fingerprint density at radius 2 is 2.00 bits per heavy atom. The number of rotatable bonds is 1. The van der Waals surface area contributed by atoms with E-state index < -0.39 is 5.97 Å². The smallest absolute Gasteiger partial charge is 0.300 e. The van der Waals surface area contributed by atoms with Crippen LogP contribution in [0.3, 0.4) is 0 Å². The topological polar surface area (TPSA) is 76.2 Å². The summed E-state index contributed by atoms with van der Waals surface area (Å²) in [5, 5.41) is 7.42. The Labute approximate surface area is 71.0 Å². The Balaban J connectivity index is 0.000000261. The Morgan fingerprint density at radius 1 is 1.58 bits per heavy atom. The zero-order chi connectivity index (χ0) is 9.40. The molecule has 0 unspecified atom stereocenters. The highest BCUT2D eigenvalue weighted by molar-refractivity contribution is 5.62. The number of hydrogen-bond donors (Lipinski definition) is 2. The highest BCUT2D eigenvalue weighted by atomic mass is 16.4. The van der Waals surface area contributed by atoms with Crippen LogP contribution in [-0.2, 0) is 11.3 Å². The van der Waals surface area contributed by atoms with Crippen LogP contribution >= 0.6 is 0 Å². The van der Waals surface area contributed by atoms with Crippen LogP contribution in [0, 0.1) is 0 Å². The molecule has 66 valence electrons. The molecule has 0 saturated heterocycles. The summed E-state index contributed by atoms with van der Waals surface area (Å²) >= 11 is 0. The van der Waals surface area contributed by atoms with E-state index in [4.69, 9.17) is 15.6 Å². The zero-order valence-electron chi connectivity index (χ0n) is 6.90. The maximum Gasteiger partial charge on any atom is 0.300 e. The number of pyridine rings is 1. The lowest BCUT2D eigenvalue weighted by Gasteiger charge is -1.89. The van der Waals surface area contributed by atoms with Crippen LogP contribution in [0.25, 0.3) is 0 Å². The monoisotopic (exact) mass is 168 g/mol. The molecule has 0 aromatic carbocycles. The van der Waals surface area contributed by atoms with Crippen molar-refractivity contribution in [3.05, 3.63) is 30.1 Å². The molecule has 1 heterocycles. The zero-order valence-corrected chi connectivity index (χ0v) is 6.90. The minimum absolute atomic E-state index is 0.600. The molecule has 0 saturated carbocycles. The van der Waals surface area contributed by atoms with Crippen LogP contribution in [0.15, 0.2) is 24.5 Å². The van der Waals surface area contributed by atoms with Crippen LogP contribution in [0.5, 0.6) is 0 Å². The molecule has 1 rings (SSSR count). The average molecular weight is 168 g/mol. The first-order valence-electron chi connectivity index (χ1n) is 3.45. The predicted octanol–water partition coefficient (Wildman–Crippen LogP) is 0.631. The Kier molecular flexibility index (Phi) is 5.55. The molecule has 0 radical (unpaired) electrons. The van der Waals surface area contributed by atoms with E-state index >= 15 is 0 Å². The Hall–Kier alpha value is -1.42. The Bertz CT molecular complexity index is 220. The summed E-state index contributed by atoms with van der Waals surface area (Å²) in [6.45, 7) is 1.68. The van der Waals surface area contributed by atoms with Crippen molar-refractivity contribution in [1.29, 1.82) is 0 Å². The molecule has 0 aliphatic rings. The van der Waals surface area contributed by atoms with E-state index in [1.54, 1.807) is 12.4 Å². The van der Waals surface area contributed by atoms with Gasteiger partial charge in [0.1, 0.15) is 0 Å². The van der Waals surface area contributed by atoms with Gasteiger partial charge in [0.25, 0.3) is 5.97 Å². The van der Waals surface area contributed by atoms with Gasteiger partial charge in [-0.2, -0.15) is 0 Å². The molecule has 3 N–H and O–H groups in total. The average Bonchev–Trinajstić information content (AvgIpc) is 2.05. The van der Waals surface area contributed by atoms with Gasteiger partial charge in [-0.3, -0.25) is 9.78 Å². The fraction of sp³-hybridized carbons (Fsp3) is 0.250. The van der Waals surface area contributed by atoms with Crippen molar-refractivity contribution in [3.8, 4) is 0 Å². The van der Waals surface area contributed by atoms with Gasteiger partial charge in [0.05, 0.1) is 0 Å². The second-order valence-electron chi connectivity index (χ2n) is 2.08. The summed E-state index contributed by atoms with van der Waals surface area (Å²) in [5.41, 5.74) is 6.45. The number of aromatic nitrogens is 1. The van der Waals surface area contributed by atoms with Gasteiger partial charge in [0.2, 0.25) is 0 Å². The molecule has 12 heavy (non-hydrogen) atoms. The van der Waals surface area contributed by atoms with Gasteiger partial charge in [-0.05, 0) is 17.7 Å². The summed E-state index contributed by atoms with van der Waals surface area (Å²) in [5.74, 6) is -0.833. The largest absolute Gasteiger partial charge is 0.481 e. The molecular formula is C8H12N2O2. The second-order valence-corrected chi connectivity index (χ2v) is 2.08. The third kappa shape index (κ3) is 6.70. The molecule has 0 amide bonds. The highest BCUT2D eigenvalue weighted by Crippen LogP contribution is 1.91. The lowest BCUT2D eigenvalue weighted by Crippen LogP contribution is -1.94. The van der Waals surface area contributed by atoms with Crippen molar-refractivity contribution in [3.63, 3.8) is 0 Å². The normalized spacial score (nSPS) is 8.17. The molecule has 4 heteroatoms. The van der Waals surface area contributed by atoms with Crippen LogP contribution < -0.4 is 5.73 Å². The number of aliphatic carboxylic acids is 1. The number of nitrogens with zero attached hydrogens (tertiary/aromatic N) is 1. The number of hydrogen-bond acceptors (Lipinski definition) is 3. The number of nitrogens with two attached hydrogens (primary N) is 1. The number of carboxylic acid groups (broad SMARTS) is 1. The standard InChI is InChI=1S/C6H8N2.C2H4O2/c7-5-6-1-3-8-4-2-6;1-2(3)4/h1-4H,5,7H2;1H3,(H,3,4). The number of carboxylic acids is 1. The van der Waals surface area contributed by atoms with E-state index in [-0.39, 0.29) is 0 Å². The number of carbonyl (C=O) groups is 1. The quantitative estimate of drug-likeness (QED) is 0.644. The minimum atomic E-state index is -0.833. The van der Waals surface area contributed by atoms with Crippen molar-refractivity contribution in [2.24, 2.45) is 5.73 Å². The van der Waals surface area contributed by atoms with Gasteiger partial charge in [-0.15, -0.1) is 0 Å². The molecule has 4 nitrogen and oxygen atoms in total. The van der Waals surface area contributed by atoms with Crippen molar-refractivity contribution in [2.45, 2.75) is 13.5 Å². The van der Waals surface area contributed by atoms with Crippen molar-refractivity contribution in [2.75, 3.05) is 0 Å². The van der Waals surface area contributed by atoms with E-state index in [2.05, 4.69) is 4.98 Å². The third-order valence-electron chi connectivity index (χ3n) is 0.985. The van der Waals surface area contributed by atoms with Gasteiger partial charge < -0.3 is 10.8 Å². The first-order chi connectivity index (χ1) is 5.66. The molecule has 1 aromatic rings. The van der Waals surface area contributed by atoms with E-state index in [0.717, 1.165) is 12.5 Å². The van der Waals surface area contributed by atoms with E-state index in [1.165, 1.54) is 0 Å². The molecule has 0 aliphatic carbocycles. The summed E-state index contributed by atoms with van der Waals surface area (Å²) in [6.07, 6.45) is 3.48. The van der Waals surface area contributed by atoms with Crippen molar-refractivity contribution >= 4 is 5.97 Å². The summed E-state index contributed by atoms with van der Waals surface area (Å²) < 4.78 is 0. The van der Waals surface area contributed by atoms with Gasteiger partial charge in [-0.1, -0.05) is 0 Å². The molecule has 0 bridgehead atoms. The van der Waals surface area contributed by atoms with Crippen LogP contribution in [0.2, 0.25) is 0 Å². The summed E-state index contributed by atoms with van der Waals surface area (Å²) in [6, 6.07) is 3.81. The molecule has 0 atom stereocenters. The lowest BCUT2D eigenvalue weighted by atomic mass is 10.3. The van der Waals surface area contributed by atoms with Crippen LogP contribution in [0.4, 0.5) is 0 Å². The molecule has 1 aromatic heterocycles. The SMILES string of the molecule is CC(=O)O.NCc1ccncc1. The van der Waals surface area contributed by atoms with Gasteiger partial charge in [-0.25, -0.2) is 0 Å². The van der Waals surface area contributed by atoms with Gasteiger partial charge in [0.15, 0.2) is 0 Å². The summed E-state index contributed by atoms with van der Waals surface area (Å²) in [7, 11) is 0. The van der Waals surface area contributed by atoms with E-state index in [1.807, 2.05) is 12.1 Å². The maximum absolute atomic E-state index is 9.00. The minimum Gasteiger partial charge on any atom is -0.481 e. The molecular weight excluding hydrogens is 156 g/mol. The lowest BCUT2D eigenvalue weighted by molar-refractivity contribution is -0.134. The highest BCUT2D eigenvalue weighted by Gasteiger charge is 1.80. The van der Waals surface area contributed by atoms with Crippen LogP contribution in [0.1, 0.15) is 12.5 Å². The first-order valence-corrected chi connectivity index (χ1v) is 3.45. The predicted molar refractivity (Wildman–Crippen MR) is 45.4 cm³/mol. The van der Waals surface area contributed by atoms with Gasteiger partial charge in [0, 0.05) is 25.9 Å². The Morgan fingerprint density at radius 3 is 2.25 bits per heavy atom. The third-order valence-corrected chi connectivity index (χ3v) is 0.985. The summed E-state index contributed by atoms with van der Waals surface area (Å²) in [4.78, 5) is 12.8. The molecule has 0 fully saturated rings. The maximum atomic E-state index is 9.00. The van der Waals surface area contributed by atoms with Crippen LogP contribution in [-0.4, -0.2) is 16.1 Å². The molecule has 0 spiro atoms. The second kappa shape index (κ2) is 6.30. The first kappa shape index (κ1) is 10.6. The van der Waals surface area contributed by atoms with Crippen molar-refractivity contribution in [1.82, 2.24) is 4.98 Å².